The highest BCUT2D eigenvalue weighted by atomic mass is 16.2. The summed E-state index contributed by atoms with van der Waals surface area (Å²) >= 11 is 0. The maximum atomic E-state index is 12.8. The van der Waals surface area contributed by atoms with Gasteiger partial charge in [0.2, 0.25) is 5.91 Å². The van der Waals surface area contributed by atoms with Crippen LogP contribution in [0.5, 0.6) is 0 Å². The molecule has 1 aliphatic rings. The third-order valence-corrected chi connectivity index (χ3v) is 7.62. The first-order chi connectivity index (χ1) is 21.1. The number of nitrogens with one attached hydrogen (secondary N) is 1. The Kier molecular flexibility index (Phi) is 5.62. The van der Waals surface area contributed by atoms with Crippen molar-refractivity contribution in [2.24, 2.45) is 7.05 Å². The topological polar surface area (TPSA) is 83.4 Å². The molecule has 4 aromatic rings. The number of carbonyl (C=O) groups excluding carboxylic acids is 2. The first-order valence-electron chi connectivity index (χ1n) is 16.0. The molecular weight excluding hydrogens is 488 g/mol. The summed E-state index contributed by atoms with van der Waals surface area (Å²) in [6, 6.07) is 14.8. The molecule has 8 heteroatoms. The lowest BCUT2D eigenvalue weighted by Gasteiger charge is -2.38. The Morgan fingerprint density at radius 3 is 2.59 bits per heavy atom. The van der Waals surface area contributed by atoms with Crippen LogP contribution in [0, 0.1) is 0 Å². The van der Waals surface area contributed by atoms with Crippen molar-refractivity contribution in [1.82, 2.24) is 24.3 Å². The molecular formula is C31H36N6O2. The molecule has 2 atom stereocenters. The molecule has 0 bridgehead atoms. The lowest BCUT2D eigenvalue weighted by molar-refractivity contribution is -0.114. The Hall–Kier alpha value is -4.04. The van der Waals surface area contributed by atoms with Gasteiger partial charge >= 0.3 is 0 Å². The molecule has 1 N–H and O–H groups in total. The summed E-state index contributed by atoms with van der Waals surface area (Å²) < 4.78 is 47.3. The number of anilines is 1. The van der Waals surface area contributed by atoms with E-state index >= 15 is 0 Å². The van der Waals surface area contributed by atoms with Gasteiger partial charge in [-0.2, -0.15) is 0 Å². The number of piperidine rings is 1. The molecule has 1 saturated heterocycles. The number of hydrogen-bond donors (Lipinski definition) is 1. The predicted molar refractivity (Wildman–Crippen MR) is 155 cm³/mol. The van der Waals surface area contributed by atoms with Gasteiger partial charge in [-0.15, -0.1) is 0 Å². The van der Waals surface area contributed by atoms with Crippen LogP contribution in [0.3, 0.4) is 0 Å². The van der Waals surface area contributed by atoms with Crippen molar-refractivity contribution in [3.05, 3.63) is 77.7 Å². The molecule has 0 aliphatic carbocycles. The minimum atomic E-state index is -3.08. The quantitative estimate of drug-likeness (QED) is 0.377. The van der Waals surface area contributed by atoms with Crippen molar-refractivity contribution in [3.63, 3.8) is 0 Å². The molecule has 8 nitrogen and oxygen atoms in total. The number of pyridine rings is 2. The highest BCUT2D eigenvalue weighted by Crippen LogP contribution is 2.34. The van der Waals surface area contributed by atoms with E-state index in [0.717, 1.165) is 59.3 Å². The van der Waals surface area contributed by atoms with Gasteiger partial charge in [0.15, 0.2) is 0 Å². The molecule has 5 rings (SSSR count). The van der Waals surface area contributed by atoms with Gasteiger partial charge < -0.3 is 14.8 Å². The van der Waals surface area contributed by atoms with E-state index in [2.05, 4.69) is 37.7 Å². The average Bonchev–Trinajstić information content (AvgIpc) is 3.28. The van der Waals surface area contributed by atoms with Crippen molar-refractivity contribution >= 4 is 28.7 Å². The monoisotopic (exact) mass is 530 g/mol. The maximum Gasteiger partial charge on any atom is 0.253 e. The van der Waals surface area contributed by atoms with Crippen molar-refractivity contribution in [2.75, 3.05) is 25.8 Å². The first kappa shape index (κ1) is 19.9. The number of amides is 2. The molecule has 1 fully saturated rings. The van der Waals surface area contributed by atoms with E-state index in [4.69, 9.17) is 8.22 Å². The fourth-order valence-electron chi connectivity index (χ4n) is 5.48. The first-order valence-corrected chi connectivity index (χ1v) is 13.0. The lowest BCUT2D eigenvalue weighted by atomic mass is 9.85. The van der Waals surface area contributed by atoms with Gasteiger partial charge in [-0.1, -0.05) is 12.1 Å². The number of rotatable bonds is 6. The molecule has 0 spiro atoms. The molecule has 0 saturated carbocycles. The molecule has 3 aromatic heterocycles. The molecule has 1 aliphatic heterocycles. The highest BCUT2D eigenvalue weighted by Gasteiger charge is 2.27. The number of likely N-dealkylation sites (tertiary alicyclic amines) is 1. The van der Waals surface area contributed by atoms with Crippen molar-refractivity contribution in [2.45, 2.75) is 45.2 Å². The minimum absolute atomic E-state index is 0.0121. The average molecular weight is 531 g/mol. The number of aromatic nitrogens is 3. The molecule has 39 heavy (non-hydrogen) atoms. The van der Waals surface area contributed by atoms with Crippen LogP contribution in [0.2, 0.25) is 0 Å². The Bertz CT molecular complexity index is 1690. The van der Waals surface area contributed by atoms with Gasteiger partial charge in [0.1, 0.15) is 11.5 Å². The fourth-order valence-corrected chi connectivity index (χ4v) is 5.48. The Labute approximate surface area is 238 Å². The van der Waals surface area contributed by atoms with Crippen LogP contribution >= 0.6 is 0 Å². The van der Waals surface area contributed by atoms with E-state index in [0.29, 0.717) is 5.82 Å². The number of benzene rings is 1. The van der Waals surface area contributed by atoms with Crippen LogP contribution in [0.1, 0.15) is 62.4 Å². The van der Waals surface area contributed by atoms with Crippen LogP contribution in [-0.4, -0.2) is 62.7 Å². The largest absolute Gasteiger partial charge is 0.345 e. The second-order valence-electron chi connectivity index (χ2n) is 10.2. The van der Waals surface area contributed by atoms with E-state index in [1.807, 2.05) is 19.2 Å². The summed E-state index contributed by atoms with van der Waals surface area (Å²) in [5.41, 5.74) is 5.01. The molecule has 202 valence electrons. The van der Waals surface area contributed by atoms with Crippen molar-refractivity contribution in [3.8, 4) is 11.1 Å². The summed E-state index contributed by atoms with van der Waals surface area (Å²) in [5, 5.41) is 3.72. The van der Waals surface area contributed by atoms with E-state index in [1.165, 1.54) is 19.1 Å². The van der Waals surface area contributed by atoms with Crippen LogP contribution in [0.4, 0.5) is 5.82 Å². The third-order valence-electron chi connectivity index (χ3n) is 7.62. The molecule has 1 unspecified atom stereocenters. The smallest absolute Gasteiger partial charge is 0.253 e. The van der Waals surface area contributed by atoms with Crippen LogP contribution < -0.4 is 5.32 Å². The Morgan fingerprint density at radius 2 is 1.92 bits per heavy atom. The summed E-state index contributed by atoms with van der Waals surface area (Å²) in [6.45, 7) is -0.917. The SMILES string of the molecule is [2H]C([2H])([2H])N(C(=O)c1ccc(C2CCN(Cc3cc4c(-c5ccc(NC(C)=O)nc5)ccnc4n3C)[C@H](C)C2)cc1)C([2H])([2H])[2H]. The second-order valence-corrected chi connectivity index (χ2v) is 10.2. The standard InChI is InChI=1S/C31H36N6O2/c1-20-16-24(22-6-8-23(9-7-22)31(39)35(3)4)13-15-37(20)19-26-17-28-27(12-14-32-30(28)36(26)5)25-10-11-29(33-18-25)34-21(2)38/h6-12,14,17-18,20,24H,13,15-16,19H2,1-5H3,(H,33,34,38)/t20-,24?/m1/s1/i3D3,4D3. The van der Waals surface area contributed by atoms with E-state index < -0.39 is 19.9 Å². The number of fused-ring (bicyclic) bond motifs is 1. The van der Waals surface area contributed by atoms with Gasteiger partial charge in [-0.25, -0.2) is 9.97 Å². The third kappa shape index (κ3) is 5.56. The van der Waals surface area contributed by atoms with Crippen LogP contribution in [0.15, 0.2) is 60.9 Å². The van der Waals surface area contributed by atoms with Crippen LogP contribution in [-0.2, 0) is 18.4 Å². The fraction of sp³-hybridized carbons (Fsp3) is 0.355. The van der Waals surface area contributed by atoms with Gasteiger partial charge in [0.05, 0.1) is 0 Å². The zero-order valence-corrected chi connectivity index (χ0v) is 22.3. The summed E-state index contributed by atoms with van der Waals surface area (Å²) in [7, 11) is 2.02. The van der Waals surface area contributed by atoms with Gasteiger partial charge in [0, 0.05) is 83.3 Å². The minimum Gasteiger partial charge on any atom is -0.345 e. The summed E-state index contributed by atoms with van der Waals surface area (Å²) in [4.78, 5) is 35.6. The van der Waals surface area contributed by atoms with E-state index in [1.54, 1.807) is 30.6 Å². The number of hydrogen-bond acceptors (Lipinski definition) is 5. The molecule has 0 radical (unpaired) electrons. The molecule has 2 amide bonds. The normalized spacial score (nSPS) is 20.7. The van der Waals surface area contributed by atoms with Gasteiger partial charge in [-0.05, 0) is 79.8 Å². The maximum absolute atomic E-state index is 12.8. The highest BCUT2D eigenvalue weighted by molar-refractivity contribution is 5.95. The second kappa shape index (κ2) is 11.0. The number of nitrogens with zero attached hydrogens (tertiary/aromatic N) is 5. The van der Waals surface area contributed by atoms with Crippen molar-refractivity contribution < 1.29 is 17.8 Å². The Balaban J connectivity index is 1.28. The van der Waals surface area contributed by atoms with Gasteiger partial charge in [0.25, 0.3) is 5.91 Å². The van der Waals surface area contributed by atoms with Gasteiger partial charge in [-0.3, -0.25) is 14.5 Å². The molecule has 1 aromatic carbocycles. The van der Waals surface area contributed by atoms with Crippen molar-refractivity contribution in [1.29, 1.82) is 0 Å². The lowest BCUT2D eigenvalue weighted by Crippen LogP contribution is -2.39. The summed E-state index contributed by atoms with van der Waals surface area (Å²) in [6.07, 6.45) is 5.33. The van der Waals surface area contributed by atoms with E-state index in [9.17, 15) is 9.59 Å². The van der Waals surface area contributed by atoms with Crippen LogP contribution in [0.25, 0.3) is 22.2 Å². The summed E-state index contributed by atoms with van der Waals surface area (Å²) in [5.74, 6) is -0.471. The number of aryl methyl sites for hydroxylation is 1. The zero-order valence-electron chi connectivity index (χ0n) is 28.3. The predicted octanol–water partition coefficient (Wildman–Crippen LogP) is 5.06. The molecule has 4 heterocycles. The number of carbonyl (C=O) groups is 2. The Morgan fingerprint density at radius 1 is 1.13 bits per heavy atom. The van der Waals surface area contributed by atoms with E-state index in [-0.39, 0.29) is 28.3 Å². The zero-order chi connectivity index (χ0) is 32.7.